The molecule has 0 bridgehead atoms. The van der Waals surface area contributed by atoms with E-state index >= 15 is 0 Å². The molecular weight excluding hydrogens is 316 g/mol. The summed E-state index contributed by atoms with van der Waals surface area (Å²) < 4.78 is 4.94. The summed E-state index contributed by atoms with van der Waals surface area (Å²) in [5, 5.41) is 7.27. The number of anilines is 1. The number of nitrogens with one attached hydrogen (secondary N) is 1. The third-order valence-corrected chi connectivity index (χ3v) is 4.09. The van der Waals surface area contributed by atoms with Crippen molar-refractivity contribution in [3.05, 3.63) is 46.7 Å². The van der Waals surface area contributed by atoms with Crippen LogP contribution in [0.5, 0.6) is 0 Å². The van der Waals surface area contributed by atoms with Crippen LogP contribution in [0.4, 0.5) is 10.6 Å². The normalized spacial score (nSPS) is 15.7. The van der Waals surface area contributed by atoms with Gasteiger partial charge in [0, 0.05) is 43.8 Å². The van der Waals surface area contributed by atoms with Crippen LogP contribution < -0.4 is 5.32 Å². The SMILES string of the molecule is Cc1cc(NC(=O)N2CCN(Cc3ccc(Cl)cc3)CC2)no1. The summed E-state index contributed by atoms with van der Waals surface area (Å²) in [5.74, 6) is 1.13. The summed E-state index contributed by atoms with van der Waals surface area (Å²) in [6.07, 6.45) is 0. The largest absolute Gasteiger partial charge is 0.360 e. The molecule has 0 aliphatic carbocycles. The van der Waals surface area contributed by atoms with E-state index in [4.69, 9.17) is 16.1 Å². The predicted molar refractivity (Wildman–Crippen MR) is 88.6 cm³/mol. The zero-order valence-corrected chi connectivity index (χ0v) is 13.7. The molecule has 122 valence electrons. The molecule has 1 aromatic carbocycles. The Morgan fingerprint density at radius 1 is 1.26 bits per heavy atom. The summed E-state index contributed by atoms with van der Waals surface area (Å²) in [6, 6.07) is 9.45. The second-order valence-corrected chi connectivity index (χ2v) is 6.08. The Bertz CT molecular complexity index is 663. The molecule has 7 heteroatoms. The van der Waals surface area contributed by atoms with E-state index in [1.807, 2.05) is 24.3 Å². The highest BCUT2D eigenvalue weighted by atomic mass is 35.5. The molecule has 2 amide bonds. The lowest BCUT2D eigenvalue weighted by Gasteiger charge is -2.34. The fourth-order valence-electron chi connectivity index (χ4n) is 2.57. The topological polar surface area (TPSA) is 61.6 Å². The van der Waals surface area contributed by atoms with Crippen molar-refractivity contribution in [2.45, 2.75) is 13.5 Å². The van der Waals surface area contributed by atoms with E-state index in [2.05, 4.69) is 15.4 Å². The smallest absolute Gasteiger partial charge is 0.323 e. The fourth-order valence-corrected chi connectivity index (χ4v) is 2.70. The number of aryl methyl sites for hydroxylation is 1. The number of hydrogen-bond acceptors (Lipinski definition) is 4. The number of amides is 2. The van der Waals surface area contributed by atoms with Crippen LogP contribution >= 0.6 is 11.6 Å². The quantitative estimate of drug-likeness (QED) is 0.937. The molecule has 2 aromatic rings. The Labute approximate surface area is 140 Å². The lowest BCUT2D eigenvalue weighted by Crippen LogP contribution is -2.49. The van der Waals surface area contributed by atoms with Gasteiger partial charge >= 0.3 is 6.03 Å². The van der Waals surface area contributed by atoms with Gasteiger partial charge in [0.25, 0.3) is 0 Å². The minimum absolute atomic E-state index is 0.135. The molecule has 0 spiro atoms. The van der Waals surface area contributed by atoms with Gasteiger partial charge in [0.05, 0.1) is 0 Å². The lowest BCUT2D eigenvalue weighted by atomic mass is 10.2. The average molecular weight is 335 g/mol. The minimum Gasteiger partial charge on any atom is -0.360 e. The van der Waals surface area contributed by atoms with Crippen molar-refractivity contribution in [3.8, 4) is 0 Å². The highest BCUT2D eigenvalue weighted by molar-refractivity contribution is 6.30. The number of halogens is 1. The molecule has 0 saturated carbocycles. The predicted octanol–water partition coefficient (Wildman–Crippen LogP) is 2.99. The third kappa shape index (κ3) is 4.24. The minimum atomic E-state index is -0.135. The zero-order chi connectivity index (χ0) is 16.2. The van der Waals surface area contributed by atoms with E-state index in [-0.39, 0.29) is 6.03 Å². The molecule has 1 N–H and O–H groups in total. The van der Waals surface area contributed by atoms with Gasteiger partial charge < -0.3 is 9.42 Å². The Hall–Kier alpha value is -2.05. The molecular formula is C16H19ClN4O2. The molecule has 3 rings (SSSR count). The van der Waals surface area contributed by atoms with Gasteiger partial charge in [0.2, 0.25) is 0 Å². The van der Waals surface area contributed by atoms with Crippen LogP contribution in [0.3, 0.4) is 0 Å². The molecule has 1 aromatic heterocycles. The second kappa shape index (κ2) is 7.02. The maximum atomic E-state index is 12.2. The molecule has 23 heavy (non-hydrogen) atoms. The van der Waals surface area contributed by atoms with Crippen molar-refractivity contribution in [2.24, 2.45) is 0 Å². The van der Waals surface area contributed by atoms with Gasteiger partial charge in [-0.05, 0) is 24.6 Å². The molecule has 1 aliphatic heterocycles. The summed E-state index contributed by atoms with van der Waals surface area (Å²) in [4.78, 5) is 16.3. The van der Waals surface area contributed by atoms with Gasteiger partial charge in [-0.2, -0.15) is 0 Å². The van der Waals surface area contributed by atoms with Crippen LogP contribution in [0.25, 0.3) is 0 Å². The van der Waals surface area contributed by atoms with Gasteiger partial charge in [-0.3, -0.25) is 10.2 Å². The van der Waals surface area contributed by atoms with Gasteiger partial charge in [-0.15, -0.1) is 0 Å². The van der Waals surface area contributed by atoms with Gasteiger partial charge in [-0.25, -0.2) is 4.79 Å². The van der Waals surface area contributed by atoms with E-state index in [1.165, 1.54) is 5.56 Å². The molecule has 1 fully saturated rings. The van der Waals surface area contributed by atoms with Crippen molar-refractivity contribution in [3.63, 3.8) is 0 Å². The number of urea groups is 1. The van der Waals surface area contributed by atoms with E-state index in [0.29, 0.717) is 24.7 Å². The Balaban J connectivity index is 1.48. The number of aromatic nitrogens is 1. The standard InChI is InChI=1S/C16H19ClN4O2/c1-12-10-15(19-23-12)18-16(22)21-8-6-20(7-9-21)11-13-2-4-14(17)5-3-13/h2-5,10H,6-9,11H2,1H3,(H,18,19,22). The number of hydrogen-bond donors (Lipinski definition) is 1. The molecule has 1 saturated heterocycles. The van der Waals surface area contributed by atoms with Crippen molar-refractivity contribution in [1.82, 2.24) is 15.0 Å². The molecule has 6 nitrogen and oxygen atoms in total. The fraction of sp³-hybridized carbons (Fsp3) is 0.375. The first-order valence-corrected chi connectivity index (χ1v) is 7.94. The Morgan fingerprint density at radius 3 is 2.57 bits per heavy atom. The summed E-state index contributed by atoms with van der Waals surface area (Å²) in [6.45, 7) is 5.72. The number of benzene rings is 1. The first-order valence-electron chi connectivity index (χ1n) is 7.56. The molecule has 2 heterocycles. The molecule has 1 aliphatic rings. The number of carbonyl (C=O) groups excluding carboxylic acids is 1. The number of rotatable bonds is 3. The first-order chi connectivity index (χ1) is 11.1. The van der Waals surface area contributed by atoms with E-state index in [1.54, 1.807) is 17.9 Å². The highest BCUT2D eigenvalue weighted by Crippen LogP contribution is 2.14. The van der Waals surface area contributed by atoms with E-state index in [0.717, 1.165) is 24.7 Å². The highest BCUT2D eigenvalue weighted by Gasteiger charge is 2.21. The maximum Gasteiger partial charge on any atom is 0.323 e. The Morgan fingerprint density at radius 2 is 1.96 bits per heavy atom. The molecule has 0 unspecified atom stereocenters. The Kier molecular flexibility index (Phi) is 4.83. The monoisotopic (exact) mass is 334 g/mol. The van der Waals surface area contributed by atoms with Gasteiger partial charge in [-0.1, -0.05) is 28.9 Å². The zero-order valence-electron chi connectivity index (χ0n) is 13.0. The van der Waals surface area contributed by atoms with E-state index < -0.39 is 0 Å². The lowest BCUT2D eigenvalue weighted by molar-refractivity contribution is 0.143. The van der Waals surface area contributed by atoms with Crippen LogP contribution in [-0.4, -0.2) is 47.2 Å². The number of carbonyl (C=O) groups is 1. The summed E-state index contributed by atoms with van der Waals surface area (Å²) >= 11 is 5.90. The van der Waals surface area contributed by atoms with Gasteiger partial charge in [0.15, 0.2) is 5.82 Å². The van der Waals surface area contributed by atoms with Crippen LogP contribution in [-0.2, 0) is 6.54 Å². The van der Waals surface area contributed by atoms with Crippen molar-refractivity contribution >= 4 is 23.4 Å². The van der Waals surface area contributed by atoms with E-state index in [9.17, 15) is 4.79 Å². The number of piperazine rings is 1. The summed E-state index contributed by atoms with van der Waals surface area (Å²) in [5.41, 5.74) is 1.23. The second-order valence-electron chi connectivity index (χ2n) is 5.64. The summed E-state index contributed by atoms with van der Waals surface area (Å²) in [7, 11) is 0. The van der Waals surface area contributed by atoms with Gasteiger partial charge in [0.1, 0.15) is 5.76 Å². The van der Waals surface area contributed by atoms with Crippen LogP contribution in [0, 0.1) is 6.92 Å². The first kappa shape index (κ1) is 15.8. The third-order valence-electron chi connectivity index (χ3n) is 3.84. The maximum absolute atomic E-state index is 12.2. The van der Waals surface area contributed by atoms with Crippen molar-refractivity contribution < 1.29 is 9.32 Å². The van der Waals surface area contributed by atoms with Crippen molar-refractivity contribution in [2.75, 3.05) is 31.5 Å². The van der Waals surface area contributed by atoms with Crippen LogP contribution in [0.1, 0.15) is 11.3 Å². The van der Waals surface area contributed by atoms with Crippen LogP contribution in [0.15, 0.2) is 34.9 Å². The average Bonchev–Trinajstić information content (AvgIpc) is 2.95. The van der Waals surface area contributed by atoms with Crippen molar-refractivity contribution in [1.29, 1.82) is 0 Å². The van der Waals surface area contributed by atoms with Crippen LogP contribution in [0.2, 0.25) is 5.02 Å². The molecule has 0 radical (unpaired) electrons. The number of nitrogens with zero attached hydrogens (tertiary/aromatic N) is 3. The molecule has 0 atom stereocenters.